The monoisotopic (exact) mass is 224 g/mol. The zero-order valence-electron chi connectivity index (χ0n) is 7.11. The van der Waals surface area contributed by atoms with Gasteiger partial charge in [-0.2, -0.15) is 13.2 Å². The van der Waals surface area contributed by atoms with Crippen LogP contribution in [0, 0.1) is 0 Å². The van der Waals surface area contributed by atoms with E-state index in [1.54, 1.807) is 0 Å². The van der Waals surface area contributed by atoms with E-state index in [-0.39, 0.29) is 18.5 Å². The minimum Gasteiger partial charge on any atom is -0.330 e. The van der Waals surface area contributed by atoms with E-state index in [9.17, 15) is 13.2 Å². The summed E-state index contributed by atoms with van der Waals surface area (Å²) in [6, 6.07) is 1.28. The molecule has 0 unspecified atom stereocenters. The number of nitrogens with zero attached hydrogens (tertiary/aromatic N) is 1. The van der Waals surface area contributed by atoms with Gasteiger partial charge in [-0.05, 0) is 24.6 Å². The molecule has 0 aliphatic heterocycles. The Morgan fingerprint density at radius 1 is 1.43 bits per heavy atom. The molecule has 0 aliphatic rings. The summed E-state index contributed by atoms with van der Waals surface area (Å²) in [5.41, 5.74) is 4.39. The molecule has 0 amide bonds. The predicted molar refractivity (Wildman–Crippen MR) is 47.0 cm³/mol. The molecule has 0 radical (unpaired) electrons. The van der Waals surface area contributed by atoms with Crippen LogP contribution >= 0.6 is 11.6 Å². The van der Waals surface area contributed by atoms with Crippen molar-refractivity contribution in [2.75, 3.05) is 6.54 Å². The Labute approximate surface area is 83.9 Å². The molecule has 0 atom stereocenters. The molecule has 2 N–H and O–H groups in total. The average Bonchev–Trinajstić information content (AvgIpc) is 2.02. The van der Waals surface area contributed by atoms with Gasteiger partial charge in [-0.3, -0.25) is 0 Å². The van der Waals surface area contributed by atoms with Crippen molar-refractivity contribution in [3.63, 3.8) is 0 Å². The molecule has 0 saturated carbocycles. The van der Waals surface area contributed by atoms with E-state index in [1.165, 1.54) is 12.3 Å². The lowest BCUT2D eigenvalue weighted by Gasteiger charge is -2.12. The van der Waals surface area contributed by atoms with Gasteiger partial charge in [0.2, 0.25) is 0 Å². The molecule has 0 aromatic carbocycles. The number of hydrogen-bond acceptors (Lipinski definition) is 2. The molecule has 14 heavy (non-hydrogen) atoms. The van der Waals surface area contributed by atoms with Crippen LogP contribution in [-0.2, 0) is 12.6 Å². The highest BCUT2D eigenvalue weighted by Gasteiger charge is 2.36. The second-order valence-electron chi connectivity index (χ2n) is 2.67. The predicted octanol–water partition coefficient (Wildman–Crippen LogP) is 2.25. The van der Waals surface area contributed by atoms with Crippen LogP contribution in [0.1, 0.15) is 11.1 Å². The van der Waals surface area contributed by atoms with Gasteiger partial charge in [0, 0.05) is 6.20 Å². The first-order valence-corrected chi connectivity index (χ1v) is 4.25. The van der Waals surface area contributed by atoms with Crippen molar-refractivity contribution < 1.29 is 13.2 Å². The summed E-state index contributed by atoms with van der Waals surface area (Å²) < 4.78 is 37.4. The van der Waals surface area contributed by atoms with Crippen LogP contribution in [0.3, 0.4) is 0 Å². The molecule has 0 bridgehead atoms. The number of alkyl halides is 3. The van der Waals surface area contributed by atoms with Crippen LogP contribution in [0.25, 0.3) is 0 Å². The van der Waals surface area contributed by atoms with E-state index >= 15 is 0 Å². The fourth-order valence-corrected chi connectivity index (χ4v) is 1.42. The van der Waals surface area contributed by atoms with Gasteiger partial charge in [0.25, 0.3) is 0 Å². The Hall–Kier alpha value is -0.810. The third-order valence-electron chi connectivity index (χ3n) is 1.69. The summed E-state index contributed by atoms with van der Waals surface area (Å²) in [6.45, 7) is 0.142. The van der Waals surface area contributed by atoms with Crippen molar-refractivity contribution in [3.05, 3.63) is 28.5 Å². The highest BCUT2D eigenvalue weighted by Crippen LogP contribution is 2.36. The topological polar surface area (TPSA) is 38.9 Å². The fraction of sp³-hybridized carbons (Fsp3) is 0.375. The Balaban J connectivity index is 3.22. The Bertz CT molecular complexity index is 325. The first kappa shape index (κ1) is 11.3. The molecule has 2 nitrogen and oxygen atoms in total. The number of nitrogens with two attached hydrogens (primary N) is 1. The van der Waals surface area contributed by atoms with Gasteiger partial charge in [0.05, 0.1) is 5.56 Å². The molecular formula is C8H8ClF3N2. The summed E-state index contributed by atoms with van der Waals surface area (Å²) in [7, 11) is 0. The van der Waals surface area contributed by atoms with Gasteiger partial charge < -0.3 is 5.73 Å². The van der Waals surface area contributed by atoms with Gasteiger partial charge in [0.15, 0.2) is 0 Å². The first-order valence-electron chi connectivity index (χ1n) is 3.87. The quantitative estimate of drug-likeness (QED) is 0.783. The van der Waals surface area contributed by atoms with Crippen LogP contribution in [0.4, 0.5) is 13.2 Å². The molecule has 0 saturated heterocycles. The van der Waals surface area contributed by atoms with Crippen LogP contribution < -0.4 is 5.73 Å². The standard InChI is InChI=1S/C8H8ClF3N2/c9-7-6(8(10,11)12)5(1-3-13)2-4-14-7/h2,4H,1,3,13H2. The molecule has 1 heterocycles. The van der Waals surface area contributed by atoms with Crippen molar-refractivity contribution in [3.8, 4) is 0 Å². The summed E-state index contributed by atoms with van der Waals surface area (Å²) in [5.74, 6) is 0. The number of aromatic nitrogens is 1. The summed E-state index contributed by atoms with van der Waals surface area (Å²) in [4.78, 5) is 3.39. The van der Waals surface area contributed by atoms with Crippen LogP contribution in [0.5, 0.6) is 0 Å². The molecule has 0 spiro atoms. The van der Waals surface area contributed by atoms with Crippen molar-refractivity contribution in [2.24, 2.45) is 5.73 Å². The summed E-state index contributed by atoms with van der Waals surface area (Å²) >= 11 is 5.38. The van der Waals surface area contributed by atoms with E-state index in [0.717, 1.165) is 0 Å². The smallest absolute Gasteiger partial charge is 0.330 e. The van der Waals surface area contributed by atoms with Crippen molar-refractivity contribution >= 4 is 11.6 Å². The van der Waals surface area contributed by atoms with Crippen molar-refractivity contribution in [2.45, 2.75) is 12.6 Å². The maximum atomic E-state index is 12.5. The van der Waals surface area contributed by atoms with Crippen molar-refractivity contribution in [1.29, 1.82) is 0 Å². The SMILES string of the molecule is NCCc1ccnc(Cl)c1C(F)(F)F. The third-order valence-corrected chi connectivity index (χ3v) is 1.97. The van der Waals surface area contributed by atoms with E-state index in [0.29, 0.717) is 0 Å². The molecule has 78 valence electrons. The van der Waals surface area contributed by atoms with Crippen molar-refractivity contribution in [1.82, 2.24) is 4.98 Å². The molecular weight excluding hydrogens is 217 g/mol. The first-order chi connectivity index (χ1) is 6.46. The maximum absolute atomic E-state index is 12.5. The van der Waals surface area contributed by atoms with Gasteiger partial charge in [0.1, 0.15) is 5.15 Å². The highest BCUT2D eigenvalue weighted by molar-refractivity contribution is 6.30. The zero-order chi connectivity index (χ0) is 10.8. The zero-order valence-corrected chi connectivity index (χ0v) is 7.86. The Morgan fingerprint density at radius 2 is 2.07 bits per heavy atom. The Morgan fingerprint density at radius 3 is 2.57 bits per heavy atom. The molecule has 0 aliphatic carbocycles. The maximum Gasteiger partial charge on any atom is 0.419 e. The van der Waals surface area contributed by atoms with Crippen LogP contribution in [0.2, 0.25) is 5.15 Å². The van der Waals surface area contributed by atoms with E-state index < -0.39 is 16.9 Å². The van der Waals surface area contributed by atoms with Gasteiger partial charge >= 0.3 is 6.18 Å². The average molecular weight is 225 g/mol. The van der Waals surface area contributed by atoms with E-state index in [4.69, 9.17) is 17.3 Å². The van der Waals surface area contributed by atoms with Gasteiger partial charge in [-0.1, -0.05) is 11.6 Å². The second-order valence-corrected chi connectivity index (χ2v) is 3.03. The van der Waals surface area contributed by atoms with Crippen LogP contribution in [-0.4, -0.2) is 11.5 Å². The van der Waals surface area contributed by atoms with Gasteiger partial charge in [-0.25, -0.2) is 4.98 Å². The number of hydrogen-bond donors (Lipinski definition) is 1. The number of pyridine rings is 1. The summed E-state index contributed by atoms with van der Waals surface area (Å²) in [5, 5.41) is -0.525. The summed E-state index contributed by atoms with van der Waals surface area (Å²) in [6.07, 6.45) is -3.10. The lowest BCUT2D eigenvalue weighted by molar-refractivity contribution is -0.138. The minimum atomic E-state index is -4.48. The Kier molecular flexibility index (Phi) is 3.34. The second kappa shape index (κ2) is 4.14. The molecule has 6 heteroatoms. The third kappa shape index (κ3) is 2.36. The van der Waals surface area contributed by atoms with Crippen LogP contribution in [0.15, 0.2) is 12.3 Å². The molecule has 1 aromatic rings. The van der Waals surface area contributed by atoms with Gasteiger partial charge in [-0.15, -0.1) is 0 Å². The van der Waals surface area contributed by atoms with E-state index in [1.807, 2.05) is 0 Å². The number of rotatable bonds is 2. The fourth-order valence-electron chi connectivity index (χ4n) is 1.14. The normalized spacial score (nSPS) is 11.8. The van der Waals surface area contributed by atoms with E-state index in [2.05, 4.69) is 4.98 Å². The molecule has 1 rings (SSSR count). The highest BCUT2D eigenvalue weighted by atomic mass is 35.5. The molecule has 0 fully saturated rings. The number of halogens is 4. The lowest BCUT2D eigenvalue weighted by atomic mass is 10.1. The minimum absolute atomic E-state index is 0.0833. The lowest BCUT2D eigenvalue weighted by Crippen LogP contribution is -2.14. The molecule has 1 aromatic heterocycles. The largest absolute Gasteiger partial charge is 0.419 e.